The van der Waals surface area contributed by atoms with Crippen molar-refractivity contribution in [3.05, 3.63) is 119 Å². The molecule has 12 heteroatoms. The third kappa shape index (κ3) is 8.80. The second-order valence-electron chi connectivity index (χ2n) is 9.32. The summed E-state index contributed by atoms with van der Waals surface area (Å²) in [5, 5.41) is 0. The van der Waals surface area contributed by atoms with Crippen molar-refractivity contribution in [3.8, 4) is 11.1 Å². The topological polar surface area (TPSA) is 113 Å². The molecule has 44 heavy (non-hydrogen) atoms. The number of hydrogen-bond acceptors (Lipinski definition) is 8. The van der Waals surface area contributed by atoms with E-state index in [4.69, 9.17) is 18.9 Å². The molecule has 0 aliphatic heterocycles. The fraction of sp³-hybridized carbons (Fsp3) is 0.188. The van der Waals surface area contributed by atoms with Gasteiger partial charge >= 0.3 is 23.9 Å². The van der Waals surface area contributed by atoms with Gasteiger partial charge in [0.05, 0.1) is 50.7 Å². The Morgan fingerprint density at radius 2 is 0.727 bits per heavy atom. The van der Waals surface area contributed by atoms with Crippen molar-refractivity contribution in [3.63, 3.8) is 0 Å². The van der Waals surface area contributed by atoms with E-state index in [2.05, 4.69) is 0 Å². The second kappa shape index (κ2) is 16.4. The summed E-state index contributed by atoms with van der Waals surface area (Å²) >= 11 is 0. The van der Waals surface area contributed by atoms with E-state index in [-0.39, 0.29) is 56.2 Å². The number of rotatable bonds is 9. The summed E-state index contributed by atoms with van der Waals surface area (Å²) in [7, 11) is 5.15. The van der Waals surface area contributed by atoms with E-state index in [1.165, 1.54) is 40.6 Å². The number of nitrogens with zero attached hydrogens (tertiary/aromatic N) is 2. The monoisotopic (exact) mass is 728 g/mol. The Labute approximate surface area is 275 Å². The van der Waals surface area contributed by atoms with Gasteiger partial charge in [-0.05, 0) is 47.5 Å². The lowest BCUT2D eigenvalue weighted by atomic mass is 10.0. The third-order valence-corrected chi connectivity index (χ3v) is 6.52. The van der Waals surface area contributed by atoms with Gasteiger partial charge in [-0.25, -0.2) is 28.3 Å². The first kappa shape index (κ1) is 35.8. The van der Waals surface area contributed by atoms with Crippen LogP contribution in [0, 0.1) is 0 Å². The number of benzene rings is 2. The smallest absolute Gasteiger partial charge is 0.337 e. The van der Waals surface area contributed by atoms with E-state index < -0.39 is 23.9 Å². The summed E-state index contributed by atoms with van der Waals surface area (Å²) < 4.78 is 23.1. The van der Waals surface area contributed by atoms with Gasteiger partial charge in [0.2, 0.25) is 0 Å². The van der Waals surface area contributed by atoms with Gasteiger partial charge < -0.3 is 52.9 Å². The number of esters is 4. The first-order valence-electron chi connectivity index (χ1n) is 12.8. The molecule has 4 rings (SSSR count). The maximum absolute atomic E-state index is 12.1. The number of hydrogen-bond donors (Lipinski definition) is 0. The molecule has 0 spiro atoms. The van der Waals surface area contributed by atoms with Crippen molar-refractivity contribution in [1.82, 2.24) is 0 Å². The fourth-order valence-electron chi connectivity index (χ4n) is 4.44. The molecule has 0 fully saturated rings. The van der Waals surface area contributed by atoms with Gasteiger partial charge in [0.15, 0.2) is 37.9 Å². The van der Waals surface area contributed by atoms with Crippen LogP contribution in [0.5, 0.6) is 0 Å². The van der Waals surface area contributed by atoms with Crippen molar-refractivity contribution in [2.24, 2.45) is 0 Å². The van der Waals surface area contributed by atoms with Gasteiger partial charge in [-0.2, -0.15) is 0 Å². The van der Waals surface area contributed by atoms with E-state index >= 15 is 0 Å². The highest BCUT2D eigenvalue weighted by Gasteiger charge is 2.17. The van der Waals surface area contributed by atoms with Crippen LogP contribution in [-0.2, 0) is 32.0 Å². The average Bonchev–Trinajstić information content (AvgIpc) is 3.03. The number of pyridine rings is 2. The van der Waals surface area contributed by atoms with Crippen LogP contribution in [0.3, 0.4) is 0 Å². The zero-order valence-corrected chi connectivity index (χ0v) is 27.6. The molecule has 0 amide bonds. The maximum Gasteiger partial charge on any atom is 0.337 e. The Bertz CT molecular complexity index is 1450. The Hall–Kier alpha value is -4.42. The summed E-state index contributed by atoms with van der Waals surface area (Å²) in [4.78, 5) is 48.4. The number of carbonyl (C=O) groups excluding carboxylic acids is 4. The Morgan fingerprint density at radius 3 is 0.955 bits per heavy atom. The highest BCUT2D eigenvalue weighted by molar-refractivity contribution is 5.96. The lowest BCUT2D eigenvalue weighted by Crippen LogP contribution is -3.00. The lowest BCUT2D eigenvalue weighted by molar-refractivity contribution is -0.688. The van der Waals surface area contributed by atoms with Crippen LogP contribution in [0.15, 0.2) is 85.5 Å². The molecular weight excluding hydrogens is 700 g/mol. The molecule has 230 valence electrons. The van der Waals surface area contributed by atoms with Gasteiger partial charge in [-0.15, -0.1) is 0 Å². The first-order valence-corrected chi connectivity index (χ1v) is 12.8. The molecule has 4 aromatic rings. The Kier molecular flexibility index (Phi) is 13.4. The molecule has 2 aromatic heterocycles. The zero-order valence-electron chi connectivity index (χ0n) is 24.4. The average molecular weight is 730 g/mol. The molecule has 0 saturated carbocycles. The molecule has 2 heterocycles. The molecule has 0 radical (unpaired) electrons. The van der Waals surface area contributed by atoms with Gasteiger partial charge in [-0.3, -0.25) is 0 Å². The summed E-state index contributed by atoms with van der Waals surface area (Å²) in [6.07, 6.45) is 7.63. The molecule has 0 saturated heterocycles. The summed E-state index contributed by atoms with van der Waals surface area (Å²) in [5.41, 5.74) is 4.52. The molecule has 0 aliphatic rings. The van der Waals surface area contributed by atoms with E-state index in [1.54, 1.807) is 24.3 Å². The molecular formula is C32H30Br2N2O8. The highest BCUT2D eigenvalue weighted by Crippen LogP contribution is 2.18. The van der Waals surface area contributed by atoms with Gasteiger partial charge in [0.1, 0.15) is 0 Å². The second-order valence-corrected chi connectivity index (χ2v) is 9.32. The maximum atomic E-state index is 12.1. The Morgan fingerprint density at radius 1 is 0.477 bits per heavy atom. The van der Waals surface area contributed by atoms with Crippen LogP contribution >= 0.6 is 0 Å². The van der Waals surface area contributed by atoms with E-state index in [9.17, 15) is 19.2 Å². The van der Waals surface area contributed by atoms with Crippen molar-refractivity contribution in [2.75, 3.05) is 28.4 Å². The SMILES string of the molecule is COC(=O)c1cc(C[n+]2ccc(-c3cc[n+](Cc4cc(C(=O)OC)cc(C(=O)OC)c4)cc3)cc2)cc(C(=O)OC)c1.[Br-].[Br-]. The van der Waals surface area contributed by atoms with Gasteiger partial charge in [0, 0.05) is 35.4 Å². The van der Waals surface area contributed by atoms with Crippen molar-refractivity contribution >= 4 is 23.9 Å². The predicted molar refractivity (Wildman–Crippen MR) is 149 cm³/mol. The molecule has 10 nitrogen and oxygen atoms in total. The van der Waals surface area contributed by atoms with Gasteiger partial charge in [-0.1, -0.05) is 0 Å². The van der Waals surface area contributed by atoms with E-state index in [0.717, 1.165) is 22.3 Å². The molecule has 0 bridgehead atoms. The highest BCUT2D eigenvalue weighted by atomic mass is 79.9. The van der Waals surface area contributed by atoms with E-state index in [0.29, 0.717) is 13.1 Å². The minimum atomic E-state index is -0.538. The molecule has 0 atom stereocenters. The van der Waals surface area contributed by atoms with Crippen LogP contribution in [0.1, 0.15) is 52.6 Å². The van der Waals surface area contributed by atoms with Crippen LogP contribution < -0.4 is 43.1 Å². The van der Waals surface area contributed by atoms with Crippen LogP contribution in [0.4, 0.5) is 0 Å². The van der Waals surface area contributed by atoms with Crippen LogP contribution in [0.25, 0.3) is 11.1 Å². The summed E-state index contributed by atoms with van der Waals surface area (Å²) in [6, 6.07) is 17.5. The molecule has 0 N–H and O–H groups in total. The normalized spacial score (nSPS) is 10.0. The predicted octanol–water partition coefficient (Wildman–Crippen LogP) is -2.82. The summed E-state index contributed by atoms with van der Waals surface area (Å²) in [6.45, 7) is 0.837. The van der Waals surface area contributed by atoms with Crippen molar-refractivity contribution in [2.45, 2.75) is 13.1 Å². The number of methoxy groups -OCH3 is 4. The zero-order chi connectivity index (χ0) is 30.2. The van der Waals surface area contributed by atoms with Crippen LogP contribution in [-0.4, -0.2) is 52.3 Å². The van der Waals surface area contributed by atoms with Gasteiger partial charge in [0.25, 0.3) is 0 Å². The summed E-state index contributed by atoms with van der Waals surface area (Å²) in [5.74, 6) is -2.15. The minimum absolute atomic E-state index is 0. The number of halogens is 2. The first-order chi connectivity index (χ1) is 20.2. The number of carbonyl (C=O) groups is 4. The number of ether oxygens (including phenoxy) is 4. The number of aromatic nitrogens is 2. The standard InChI is InChI=1S/C32H30N2O8.2BrH/c1-39-29(35)25-13-21(14-26(17-25)30(36)40-2)19-33-9-5-23(6-10-33)24-7-11-34(12-8-24)20-22-15-27(31(37)41-3)18-28(16-22)32(38)42-4;;/h5-18H,19-20H2,1-4H3;2*1H/q+2;;/p-2. The Balaban J connectivity index is 0.00000337. The minimum Gasteiger partial charge on any atom is -1.00 e. The largest absolute Gasteiger partial charge is 1.00 e. The molecule has 2 aromatic carbocycles. The van der Waals surface area contributed by atoms with Crippen molar-refractivity contribution in [1.29, 1.82) is 0 Å². The fourth-order valence-corrected chi connectivity index (χ4v) is 4.44. The molecule has 0 unspecified atom stereocenters. The third-order valence-electron chi connectivity index (χ3n) is 6.52. The van der Waals surface area contributed by atoms with Crippen LogP contribution in [0.2, 0.25) is 0 Å². The van der Waals surface area contributed by atoms with Crippen molar-refractivity contribution < 1.29 is 81.2 Å². The van der Waals surface area contributed by atoms with E-state index in [1.807, 2.05) is 58.2 Å². The quantitative estimate of drug-likeness (QED) is 0.103. The molecule has 0 aliphatic carbocycles. The lowest BCUT2D eigenvalue weighted by Gasteiger charge is -2.07.